The quantitative estimate of drug-likeness (QED) is 0.625. The molecule has 3 N–H and O–H groups in total. The Morgan fingerprint density at radius 3 is 2.57 bits per heavy atom. The molecule has 0 aliphatic heterocycles. The van der Waals surface area contributed by atoms with E-state index < -0.39 is 0 Å². The van der Waals surface area contributed by atoms with Crippen LogP contribution in [0.4, 0.5) is 11.4 Å². The third-order valence-electron chi connectivity index (χ3n) is 3.08. The third-order valence-corrected chi connectivity index (χ3v) is 4.64. The van der Waals surface area contributed by atoms with Gasteiger partial charge in [0.25, 0.3) is 0 Å². The number of aryl methyl sites for hydroxylation is 2. The summed E-state index contributed by atoms with van der Waals surface area (Å²) in [6.07, 6.45) is 0. The first kappa shape index (κ1) is 15.9. The van der Waals surface area contributed by atoms with E-state index in [2.05, 4.69) is 21.2 Å². The van der Waals surface area contributed by atoms with Crippen molar-refractivity contribution in [2.45, 2.75) is 18.7 Å². The molecule has 0 saturated carbocycles. The van der Waals surface area contributed by atoms with Crippen molar-refractivity contribution in [3.63, 3.8) is 0 Å². The van der Waals surface area contributed by atoms with E-state index in [1.807, 2.05) is 50.2 Å². The van der Waals surface area contributed by atoms with Crippen molar-refractivity contribution in [1.29, 1.82) is 0 Å². The van der Waals surface area contributed by atoms with Crippen LogP contribution in [0.2, 0.25) is 0 Å². The minimum Gasteiger partial charge on any atom is -0.398 e. The number of carbonyl (C=O) groups excluding carboxylic acids is 1. The summed E-state index contributed by atoms with van der Waals surface area (Å²) in [5, 5.41) is 2.97. The Morgan fingerprint density at radius 1 is 1.24 bits per heavy atom. The van der Waals surface area contributed by atoms with Gasteiger partial charge in [0.1, 0.15) is 0 Å². The molecule has 0 aromatic heterocycles. The number of hydrogen-bond donors (Lipinski definition) is 2. The molecule has 2 aromatic rings. The minimum absolute atomic E-state index is 0.0308. The van der Waals surface area contributed by atoms with E-state index in [4.69, 9.17) is 5.73 Å². The lowest BCUT2D eigenvalue weighted by molar-refractivity contribution is -0.113. The molecule has 0 aliphatic rings. The second kappa shape index (κ2) is 7.00. The van der Waals surface area contributed by atoms with Crippen molar-refractivity contribution < 1.29 is 4.79 Å². The summed E-state index contributed by atoms with van der Waals surface area (Å²) < 4.78 is 0.953. The topological polar surface area (TPSA) is 55.1 Å². The number of thioether (sulfide) groups is 1. The van der Waals surface area contributed by atoms with Crippen LogP contribution in [0.3, 0.4) is 0 Å². The standard InChI is InChI=1S/C16H17BrN2OS/c1-10-4-3-5-11(2)16(10)19-15(20)9-21-14-8-12(17)6-7-13(14)18/h3-8H,9,18H2,1-2H3,(H,19,20). The van der Waals surface area contributed by atoms with Gasteiger partial charge in [-0.05, 0) is 43.2 Å². The minimum atomic E-state index is -0.0308. The van der Waals surface area contributed by atoms with E-state index in [1.54, 1.807) is 0 Å². The first-order valence-corrected chi connectivity index (χ1v) is 8.29. The maximum absolute atomic E-state index is 12.1. The number of benzene rings is 2. The number of hydrogen-bond acceptors (Lipinski definition) is 3. The van der Waals surface area contributed by atoms with E-state index >= 15 is 0 Å². The van der Waals surface area contributed by atoms with E-state index in [1.165, 1.54) is 11.8 Å². The lowest BCUT2D eigenvalue weighted by atomic mass is 10.1. The fourth-order valence-corrected chi connectivity index (χ4v) is 3.28. The second-order valence-electron chi connectivity index (χ2n) is 4.79. The van der Waals surface area contributed by atoms with Gasteiger partial charge >= 0.3 is 0 Å². The highest BCUT2D eigenvalue weighted by molar-refractivity contribution is 9.10. The number of rotatable bonds is 4. The molecule has 0 radical (unpaired) electrons. The molecule has 5 heteroatoms. The molecule has 0 aliphatic carbocycles. The average Bonchev–Trinajstić information content (AvgIpc) is 2.44. The van der Waals surface area contributed by atoms with Gasteiger partial charge in [0.15, 0.2) is 0 Å². The van der Waals surface area contributed by atoms with Crippen LogP contribution in [0.25, 0.3) is 0 Å². The molecule has 0 spiro atoms. The summed E-state index contributed by atoms with van der Waals surface area (Å²) >= 11 is 4.84. The molecule has 0 bridgehead atoms. The van der Waals surface area contributed by atoms with Crippen molar-refractivity contribution >= 4 is 45.0 Å². The Bertz CT molecular complexity index is 653. The number of nitrogens with one attached hydrogen (secondary N) is 1. The van der Waals surface area contributed by atoms with Crippen LogP contribution in [0.5, 0.6) is 0 Å². The number of para-hydroxylation sites is 1. The highest BCUT2D eigenvalue weighted by Gasteiger charge is 2.09. The van der Waals surface area contributed by atoms with Crippen LogP contribution in [-0.2, 0) is 4.79 Å². The predicted molar refractivity (Wildman–Crippen MR) is 93.8 cm³/mol. The first-order chi connectivity index (χ1) is 9.97. The average molecular weight is 365 g/mol. The molecule has 0 fully saturated rings. The summed E-state index contributed by atoms with van der Waals surface area (Å²) in [4.78, 5) is 13.0. The summed E-state index contributed by atoms with van der Waals surface area (Å²) in [6, 6.07) is 11.6. The number of carbonyl (C=O) groups is 1. The zero-order valence-electron chi connectivity index (χ0n) is 11.9. The Balaban J connectivity index is 2.01. The zero-order valence-corrected chi connectivity index (χ0v) is 14.3. The number of nitrogens with two attached hydrogens (primary N) is 1. The lowest BCUT2D eigenvalue weighted by Crippen LogP contribution is -2.15. The van der Waals surface area contributed by atoms with Gasteiger partial charge < -0.3 is 11.1 Å². The Hall–Kier alpha value is -1.46. The fourth-order valence-electron chi connectivity index (χ4n) is 1.96. The molecule has 0 atom stereocenters. The third kappa shape index (κ3) is 4.25. The van der Waals surface area contributed by atoms with Gasteiger partial charge in [-0.3, -0.25) is 4.79 Å². The largest absolute Gasteiger partial charge is 0.398 e. The fraction of sp³-hybridized carbons (Fsp3) is 0.188. The van der Waals surface area contributed by atoms with Crippen molar-refractivity contribution in [2.24, 2.45) is 0 Å². The van der Waals surface area contributed by atoms with Crippen LogP contribution < -0.4 is 11.1 Å². The highest BCUT2D eigenvalue weighted by atomic mass is 79.9. The van der Waals surface area contributed by atoms with Gasteiger partial charge in [0.05, 0.1) is 5.75 Å². The van der Waals surface area contributed by atoms with Gasteiger partial charge in [-0.15, -0.1) is 11.8 Å². The smallest absolute Gasteiger partial charge is 0.234 e. The Kier molecular flexibility index (Phi) is 5.31. The van der Waals surface area contributed by atoms with Crippen LogP contribution in [-0.4, -0.2) is 11.7 Å². The van der Waals surface area contributed by atoms with Gasteiger partial charge in [0, 0.05) is 20.7 Å². The van der Waals surface area contributed by atoms with Gasteiger partial charge in [-0.25, -0.2) is 0 Å². The molecule has 0 heterocycles. The van der Waals surface area contributed by atoms with Crippen LogP contribution >= 0.6 is 27.7 Å². The molecule has 3 nitrogen and oxygen atoms in total. The lowest BCUT2D eigenvalue weighted by Gasteiger charge is -2.11. The monoisotopic (exact) mass is 364 g/mol. The summed E-state index contributed by atoms with van der Waals surface area (Å²) in [5.41, 5.74) is 9.61. The van der Waals surface area contributed by atoms with Gasteiger partial charge in [0.2, 0.25) is 5.91 Å². The molecule has 21 heavy (non-hydrogen) atoms. The van der Waals surface area contributed by atoms with E-state index in [9.17, 15) is 4.79 Å². The molecule has 110 valence electrons. The molecular weight excluding hydrogens is 348 g/mol. The maximum atomic E-state index is 12.1. The van der Waals surface area contributed by atoms with Gasteiger partial charge in [-0.2, -0.15) is 0 Å². The SMILES string of the molecule is Cc1cccc(C)c1NC(=O)CSc1cc(Br)ccc1N. The van der Waals surface area contributed by atoms with Crippen LogP contribution in [0.1, 0.15) is 11.1 Å². The summed E-state index contributed by atoms with van der Waals surface area (Å²) in [5.74, 6) is 0.297. The van der Waals surface area contributed by atoms with E-state index in [0.717, 1.165) is 26.2 Å². The number of anilines is 2. The van der Waals surface area contributed by atoms with Crippen LogP contribution in [0.15, 0.2) is 45.8 Å². The molecule has 2 aromatic carbocycles. The van der Waals surface area contributed by atoms with Gasteiger partial charge in [-0.1, -0.05) is 34.1 Å². The summed E-state index contributed by atoms with van der Waals surface area (Å²) in [6.45, 7) is 3.98. The maximum Gasteiger partial charge on any atom is 0.234 e. The van der Waals surface area contributed by atoms with Crippen molar-refractivity contribution in [3.05, 3.63) is 52.0 Å². The Labute approximate surface area is 137 Å². The first-order valence-electron chi connectivity index (χ1n) is 6.51. The van der Waals surface area contributed by atoms with Crippen LogP contribution in [0, 0.1) is 13.8 Å². The van der Waals surface area contributed by atoms with E-state index in [0.29, 0.717) is 11.4 Å². The number of amides is 1. The Morgan fingerprint density at radius 2 is 1.90 bits per heavy atom. The molecule has 0 unspecified atom stereocenters. The molecule has 0 saturated heterocycles. The van der Waals surface area contributed by atoms with E-state index in [-0.39, 0.29) is 5.91 Å². The number of nitrogen functional groups attached to an aromatic ring is 1. The highest BCUT2D eigenvalue weighted by Crippen LogP contribution is 2.28. The molecule has 2 rings (SSSR count). The van der Waals surface area contributed by atoms with Crippen molar-refractivity contribution in [2.75, 3.05) is 16.8 Å². The second-order valence-corrected chi connectivity index (χ2v) is 6.72. The summed E-state index contributed by atoms with van der Waals surface area (Å²) in [7, 11) is 0. The molecular formula is C16H17BrN2OS. The van der Waals surface area contributed by atoms with Crippen molar-refractivity contribution in [1.82, 2.24) is 0 Å². The van der Waals surface area contributed by atoms with Crippen molar-refractivity contribution in [3.8, 4) is 0 Å². The predicted octanol–water partition coefficient (Wildman–Crippen LogP) is 4.38. The molecule has 1 amide bonds. The normalized spacial score (nSPS) is 10.4. The zero-order chi connectivity index (χ0) is 15.4. The number of halogens is 1.